The van der Waals surface area contributed by atoms with Gasteiger partial charge in [0.25, 0.3) is 12.6 Å². The molecule has 0 amide bonds. The molecule has 2 aromatic rings. The minimum absolute atomic E-state index is 0.126. The summed E-state index contributed by atoms with van der Waals surface area (Å²) in [6, 6.07) is 9.70. The van der Waals surface area contributed by atoms with E-state index < -0.39 is 27.5 Å². The van der Waals surface area contributed by atoms with E-state index in [4.69, 9.17) is 0 Å². The van der Waals surface area contributed by atoms with Crippen LogP contribution < -0.4 is 31.2 Å². The Labute approximate surface area is 180 Å². The average molecular weight is 469 g/mol. The molecule has 2 rings (SSSR count). The van der Waals surface area contributed by atoms with Crippen LogP contribution >= 0.6 is 14.9 Å². The zero-order valence-corrected chi connectivity index (χ0v) is 19.4. The molecule has 0 bridgehead atoms. The SMILES string of the molecule is CCc1ccc(Cc2ccc(C)c(B(C)P(=O)([O-])O[O-])c2)cc1[B-](C)(F)P(=O)([O-])O[O-]. The first kappa shape index (κ1) is 26.0. The Morgan fingerprint density at radius 3 is 2.19 bits per heavy atom. The first-order chi connectivity index (χ1) is 14.3. The third-order valence-corrected chi connectivity index (χ3v) is 8.75. The largest absolute Gasteiger partial charge is 0.806 e. The maximum absolute atomic E-state index is 15.2. The molecular weight excluding hydrogens is 447 g/mol. The summed E-state index contributed by atoms with van der Waals surface area (Å²) < 4.78 is 45.6. The maximum Gasteiger partial charge on any atom is 0.262 e. The van der Waals surface area contributed by atoms with Crippen molar-refractivity contribution in [3.63, 3.8) is 0 Å². The Hall–Kier alpha value is -1.28. The number of aryl methyl sites for hydroxylation is 2. The lowest BCUT2D eigenvalue weighted by Crippen LogP contribution is -2.47. The predicted molar refractivity (Wildman–Crippen MR) is 111 cm³/mol. The summed E-state index contributed by atoms with van der Waals surface area (Å²) in [5.41, 5.74) is 2.55. The number of rotatable bonds is 9. The van der Waals surface area contributed by atoms with Gasteiger partial charge < -0.3 is 43.1 Å². The first-order valence-corrected chi connectivity index (χ1v) is 12.9. The van der Waals surface area contributed by atoms with E-state index >= 15 is 4.32 Å². The summed E-state index contributed by atoms with van der Waals surface area (Å²) >= 11 is 0. The summed E-state index contributed by atoms with van der Waals surface area (Å²) in [5, 5.41) is 21.2. The van der Waals surface area contributed by atoms with Gasteiger partial charge in [0.1, 0.15) is 0 Å². The zero-order valence-electron chi connectivity index (χ0n) is 17.6. The third kappa shape index (κ3) is 5.38. The topological polar surface area (TPSA) is 145 Å². The van der Waals surface area contributed by atoms with E-state index in [2.05, 4.69) is 9.35 Å². The Balaban J connectivity index is 2.48. The van der Waals surface area contributed by atoms with Gasteiger partial charge in [-0.1, -0.05) is 66.7 Å². The van der Waals surface area contributed by atoms with Gasteiger partial charge in [-0.25, -0.2) is 0 Å². The molecule has 0 N–H and O–H groups in total. The molecule has 0 saturated heterocycles. The molecule has 2 aromatic carbocycles. The van der Waals surface area contributed by atoms with E-state index in [0.29, 0.717) is 34.1 Å². The van der Waals surface area contributed by atoms with Crippen LogP contribution in [0.4, 0.5) is 4.32 Å². The highest BCUT2D eigenvalue weighted by molar-refractivity contribution is 7.92. The number of benzene rings is 2. The molecule has 0 aromatic heterocycles. The quantitative estimate of drug-likeness (QED) is 0.215. The fourth-order valence-electron chi connectivity index (χ4n) is 3.54. The summed E-state index contributed by atoms with van der Waals surface area (Å²) in [6.45, 7) is 5.59. The van der Waals surface area contributed by atoms with Crippen LogP contribution in [-0.4, -0.2) is 12.6 Å². The van der Waals surface area contributed by atoms with Crippen LogP contribution in [0.3, 0.4) is 0 Å². The Morgan fingerprint density at radius 2 is 1.65 bits per heavy atom. The van der Waals surface area contributed by atoms with Crippen LogP contribution in [0, 0.1) is 6.92 Å². The van der Waals surface area contributed by atoms with E-state index in [0.717, 1.165) is 6.82 Å². The molecule has 0 spiro atoms. The van der Waals surface area contributed by atoms with E-state index in [1.807, 2.05) is 0 Å². The Morgan fingerprint density at radius 1 is 1.06 bits per heavy atom. The molecule has 3 atom stereocenters. The van der Waals surface area contributed by atoms with Crippen molar-refractivity contribution >= 4 is 38.4 Å². The molecule has 0 fully saturated rings. The van der Waals surface area contributed by atoms with E-state index in [-0.39, 0.29) is 11.9 Å². The summed E-state index contributed by atoms with van der Waals surface area (Å²) in [7, 11) is -9.95. The average Bonchev–Trinajstić information content (AvgIpc) is 2.74. The second kappa shape index (κ2) is 9.69. The summed E-state index contributed by atoms with van der Waals surface area (Å²) in [4.78, 5) is 23.7. The standard InChI is InChI=1S/C18H26B2FO8P2/c1-5-16-9-8-15(12-18(16)20(4,21)31(26,27)29-23)10-14-7-6-13(2)17(11-14)19(3)30(24,25)28-22/h6-9,11-12,22-23H,5,10H2,1-4H3,(H,24,25)(H,26,27)/q-1/p-4. The Kier molecular flexibility index (Phi) is 8.12. The number of hydrogen-bond acceptors (Lipinski definition) is 8. The van der Waals surface area contributed by atoms with Crippen molar-refractivity contribution in [2.24, 2.45) is 0 Å². The van der Waals surface area contributed by atoms with Crippen molar-refractivity contribution < 1.29 is 43.1 Å². The van der Waals surface area contributed by atoms with Gasteiger partial charge in [0, 0.05) is 7.47 Å². The minimum atomic E-state index is -5.31. The highest BCUT2D eigenvalue weighted by Crippen LogP contribution is 2.47. The molecule has 0 saturated carbocycles. The van der Waals surface area contributed by atoms with Gasteiger partial charge in [0.15, 0.2) is 0 Å². The molecule has 0 radical (unpaired) electrons. The highest BCUT2D eigenvalue weighted by Gasteiger charge is 2.33. The molecular formula is C18H22B2FO8P2-5. The smallest absolute Gasteiger partial charge is 0.262 e. The Bertz CT molecular complexity index is 1050. The fourth-order valence-corrected chi connectivity index (χ4v) is 5.03. The lowest BCUT2D eigenvalue weighted by molar-refractivity contribution is -0.646. The fraction of sp³-hybridized carbons (Fsp3) is 0.333. The van der Waals surface area contributed by atoms with Gasteiger partial charge in [0.2, 0.25) is 0 Å². The highest BCUT2D eigenvalue weighted by atomic mass is 31.2. The van der Waals surface area contributed by atoms with E-state index in [1.165, 1.54) is 12.9 Å². The molecule has 31 heavy (non-hydrogen) atoms. The summed E-state index contributed by atoms with van der Waals surface area (Å²) in [5.74, 6) is 0. The second-order valence-electron chi connectivity index (χ2n) is 7.76. The predicted octanol–water partition coefficient (Wildman–Crippen LogP) is -0.0844. The van der Waals surface area contributed by atoms with Crippen molar-refractivity contribution in [3.8, 4) is 0 Å². The molecule has 13 heteroatoms. The van der Waals surface area contributed by atoms with Crippen molar-refractivity contribution in [3.05, 3.63) is 58.7 Å². The third-order valence-electron chi connectivity index (χ3n) is 5.64. The molecule has 0 aliphatic rings. The molecule has 8 nitrogen and oxygen atoms in total. The van der Waals surface area contributed by atoms with Crippen LogP contribution in [0.25, 0.3) is 0 Å². The van der Waals surface area contributed by atoms with Crippen molar-refractivity contribution in [2.45, 2.75) is 40.3 Å². The number of halogens is 1. The summed E-state index contributed by atoms with van der Waals surface area (Å²) in [6.07, 6.45) is -4.40. The first-order valence-electron chi connectivity index (χ1n) is 9.64. The second-order valence-corrected chi connectivity index (χ2v) is 12.0. The molecule has 0 heterocycles. The monoisotopic (exact) mass is 469 g/mol. The van der Waals surface area contributed by atoms with Crippen LogP contribution in [0.2, 0.25) is 13.6 Å². The van der Waals surface area contributed by atoms with Gasteiger partial charge in [-0.05, 0) is 30.9 Å². The van der Waals surface area contributed by atoms with E-state index in [1.54, 1.807) is 44.2 Å². The molecule has 0 aliphatic carbocycles. The zero-order chi connectivity index (χ0) is 23.6. The van der Waals surface area contributed by atoms with Crippen LogP contribution in [0.15, 0.2) is 36.4 Å². The van der Waals surface area contributed by atoms with Gasteiger partial charge in [-0.2, -0.15) is 5.46 Å². The lowest BCUT2D eigenvalue weighted by Gasteiger charge is -2.45. The molecule has 0 aliphatic heterocycles. The van der Waals surface area contributed by atoms with Gasteiger partial charge in [-0.15, -0.1) is 6.82 Å². The van der Waals surface area contributed by atoms with E-state index in [9.17, 15) is 29.4 Å². The van der Waals surface area contributed by atoms with Crippen molar-refractivity contribution in [2.75, 3.05) is 0 Å². The van der Waals surface area contributed by atoms with Crippen LogP contribution in [-0.2, 0) is 31.3 Å². The number of hydrogen-bond donors (Lipinski definition) is 0. The molecule has 3 unspecified atom stereocenters. The normalized spacial score (nSPS) is 17.5. The van der Waals surface area contributed by atoms with Crippen LogP contribution in [0.5, 0.6) is 0 Å². The van der Waals surface area contributed by atoms with Gasteiger partial charge >= 0.3 is 0 Å². The lowest BCUT2D eigenvalue weighted by atomic mass is 9.62. The van der Waals surface area contributed by atoms with Gasteiger partial charge in [-0.3, -0.25) is 0 Å². The van der Waals surface area contributed by atoms with Crippen molar-refractivity contribution in [1.29, 1.82) is 0 Å². The minimum Gasteiger partial charge on any atom is -0.806 e. The maximum atomic E-state index is 15.2. The van der Waals surface area contributed by atoms with Crippen molar-refractivity contribution in [1.82, 2.24) is 0 Å². The van der Waals surface area contributed by atoms with Gasteiger partial charge in [0.05, 0.1) is 7.47 Å². The van der Waals surface area contributed by atoms with Crippen LogP contribution in [0.1, 0.15) is 29.2 Å². The molecule has 170 valence electrons.